The summed E-state index contributed by atoms with van der Waals surface area (Å²) in [6, 6.07) is 15.1. The lowest BCUT2D eigenvalue weighted by Crippen LogP contribution is -2.30. The molecule has 1 N–H and O–H groups in total. The first-order chi connectivity index (χ1) is 11.0. The van der Waals surface area contributed by atoms with Crippen LogP contribution in [-0.2, 0) is 4.79 Å². The van der Waals surface area contributed by atoms with Crippen LogP contribution in [0.25, 0.3) is 0 Å². The molecule has 0 aliphatic rings. The Bertz CT molecular complexity index is 650. The van der Waals surface area contributed by atoms with E-state index in [1.54, 1.807) is 26.2 Å². The van der Waals surface area contributed by atoms with Gasteiger partial charge in [0.1, 0.15) is 0 Å². The van der Waals surface area contributed by atoms with E-state index >= 15 is 0 Å². The van der Waals surface area contributed by atoms with Crippen LogP contribution in [0.3, 0.4) is 0 Å². The topological polar surface area (TPSA) is 47.6 Å². The first-order valence-electron chi connectivity index (χ1n) is 7.71. The van der Waals surface area contributed by atoms with Crippen LogP contribution in [0.5, 0.6) is 11.5 Å². The summed E-state index contributed by atoms with van der Waals surface area (Å²) in [5.41, 5.74) is 2.00. The van der Waals surface area contributed by atoms with Gasteiger partial charge in [0, 0.05) is 5.69 Å². The lowest BCUT2D eigenvalue weighted by molar-refractivity contribution is -0.122. The number of amides is 1. The van der Waals surface area contributed by atoms with Gasteiger partial charge in [0.2, 0.25) is 0 Å². The zero-order valence-corrected chi connectivity index (χ0v) is 14.0. The zero-order chi connectivity index (χ0) is 16.8. The van der Waals surface area contributed by atoms with Crippen LogP contribution in [0.1, 0.15) is 32.3 Å². The number of hydrogen-bond donors (Lipinski definition) is 1. The summed E-state index contributed by atoms with van der Waals surface area (Å²) in [5.74, 6) is 1.42. The molecule has 2 aromatic carbocycles. The van der Waals surface area contributed by atoms with Crippen molar-refractivity contribution in [3.63, 3.8) is 0 Å². The number of anilines is 1. The number of methoxy groups -OCH3 is 1. The summed E-state index contributed by atoms with van der Waals surface area (Å²) < 4.78 is 10.9. The Labute approximate surface area is 137 Å². The summed E-state index contributed by atoms with van der Waals surface area (Å²) in [7, 11) is 1.57. The fourth-order valence-electron chi connectivity index (χ4n) is 2.16. The quantitative estimate of drug-likeness (QED) is 0.868. The molecule has 2 rings (SSSR count). The van der Waals surface area contributed by atoms with E-state index in [2.05, 4.69) is 19.2 Å². The van der Waals surface area contributed by atoms with Crippen molar-refractivity contribution in [2.45, 2.75) is 32.8 Å². The van der Waals surface area contributed by atoms with Crippen LogP contribution in [0.2, 0.25) is 0 Å². The van der Waals surface area contributed by atoms with Gasteiger partial charge in [-0.2, -0.15) is 0 Å². The number of hydrogen-bond acceptors (Lipinski definition) is 3. The van der Waals surface area contributed by atoms with E-state index in [0.29, 0.717) is 17.4 Å². The number of ether oxygens (including phenoxy) is 2. The third kappa shape index (κ3) is 4.49. The highest BCUT2D eigenvalue weighted by atomic mass is 16.5. The maximum atomic E-state index is 12.3. The molecule has 23 heavy (non-hydrogen) atoms. The van der Waals surface area contributed by atoms with Gasteiger partial charge in [-0.05, 0) is 42.7 Å². The molecule has 4 nitrogen and oxygen atoms in total. The molecule has 2 aromatic rings. The van der Waals surface area contributed by atoms with Gasteiger partial charge in [0.05, 0.1) is 7.11 Å². The second kappa shape index (κ2) is 7.68. The highest BCUT2D eigenvalue weighted by molar-refractivity contribution is 5.94. The van der Waals surface area contributed by atoms with Gasteiger partial charge >= 0.3 is 0 Å². The van der Waals surface area contributed by atoms with Crippen molar-refractivity contribution in [1.82, 2.24) is 0 Å². The van der Waals surface area contributed by atoms with E-state index < -0.39 is 6.10 Å². The van der Waals surface area contributed by atoms with Crippen LogP contribution < -0.4 is 14.8 Å². The van der Waals surface area contributed by atoms with E-state index in [0.717, 1.165) is 5.69 Å². The Kier molecular flexibility index (Phi) is 5.63. The van der Waals surface area contributed by atoms with Crippen LogP contribution in [0.15, 0.2) is 48.5 Å². The van der Waals surface area contributed by atoms with E-state index in [-0.39, 0.29) is 5.91 Å². The average Bonchev–Trinajstić information content (AvgIpc) is 2.55. The maximum absolute atomic E-state index is 12.3. The molecule has 122 valence electrons. The van der Waals surface area contributed by atoms with Crippen LogP contribution >= 0.6 is 0 Å². The second-order valence-corrected chi connectivity index (χ2v) is 5.68. The summed E-state index contributed by atoms with van der Waals surface area (Å²) in [4.78, 5) is 12.3. The molecule has 0 spiro atoms. The third-order valence-electron chi connectivity index (χ3n) is 3.59. The molecule has 0 aliphatic heterocycles. The van der Waals surface area contributed by atoms with Crippen LogP contribution in [-0.4, -0.2) is 19.1 Å². The number of benzene rings is 2. The summed E-state index contributed by atoms with van der Waals surface area (Å²) in [5, 5.41) is 2.86. The highest BCUT2D eigenvalue weighted by Gasteiger charge is 2.16. The third-order valence-corrected chi connectivity index (χ3v) is 3.59. The number of carbonyl (C=O) groups excluding carboxylic acids is 1. The smallest absolute Gasteiger partial charge is 0.265 e. The molecule has 0 aliphatic carbocycles. The van der Waals surface area contributed by atoms with E-state index in [9.17, 15) is 4.79 Å². The lowest BCUT2D eigenvalue weighted by Gasteiger charge is -2.17. The fraction of sp³-hybridized carbons (Fsp3) is 0.316. The van der Waals surface area contributed by atoms with Gasteiger partial charge in [-0.25, -0.2) is 0 Å². The van der Waals surface area contributed by atoms with Gasteiger partial charge in [0.25, 0.3) is 5.91 Å². The minimum Gasteiger partial charge on any atom is -0.493 e. The molecule has 0 unspecified atom stereocenters. The van der Waals surface area contributed by atoms with E-state index in [1.165, 1.54) is 5.56 Å². The monoisotopic (exact) mass is 313 g/mol. The van der Waals surface area contributed by atoms with Crippen molar-refractivity contribution in [2.24, 2.45) is 0 Å². The Morgan fingerprint density at radius 1 is 0.957 bits per heavy atom. The van der Waals surface area contributed by atoms with Crippen LogP contribution in [0.4, 0.5) is 5.69 Å². The molecule has 0 bridgehead atoms. The zero-order valence-electron chi connectivity index (χ0n) is 14.0. The van der Waals surface area contributed by atoms with E-state index in [1.807, 2.05) is 36.4 Å². The molecule has 0 radical (unpaired) electrons. The number of rotatable bonds is 6. The minimum atomic E-state index is -0.629. The number of nitrogens with one attached hydrogen (secondary N) is 1. The van der Waals surface area contributed by atoms with Crippen molar-refractivity contribution >= 4 is 11.6 Å². The van der Waals surface area contributed by atoms with Crippen molar-refractivity contribution < 1.29 is 14.3 Å². The Balaban J connectivity index is 1.99. The van der Waals surface area contributed by atoms with E-state index in [4.69, 9.17) is 9.47 Å². The lowest BCUT2D eigenvalue weighted by atomic mass is 10.0. The molecule has 0 aromatic heterocycles. The van der Waals surface area contributed by atoms with Crippen molar-refractivity contribution in [1.29, 1.82) is 0 Å². The van der Waals surface area contributed by atoms with Gasteiger partial charge in [0.15, 0.2) is 17.6 Å². The molecule has 4 heteroatoms. The maximum Gasteiger partial charge on any atom is 0.265 e. The Hall–Kier alpha value is -2.49. The minimum absolute atomic E-state index is 0.201. The fourth-order valence-corrected chi connectivity index (χ4v) is 2.16. The van der Waals surface area contributed by atoms with Gasteiger partial charge in [-0.3, -0.25) is 4.79 Å². The second-order valence-electron chi connectivity index (χ2n) is 5.68. The molecule has 1 amide bonds. The first kappa shape index (κ1) is 16.9. The SMILES string of the molecule is COc1ccccc1O[C@@H](C)C(=O)Nc1ccc(C(C)C)cc1. The number of para-hydroxylation sites is 2. The molecule has 0 saturated heterocycles. The first-order valence-corrected chi connectivity index (χ1v) is 7.71. The van der Waals surface area contributed by atoms with Crippen molar-refractivity contribution in [2.75, 3.05) is 12.4 Å². The van der Waals surface area contributed by atoms with Crippen LogP contribution in [0, 0.1) is 0 Å². The van der Waals surface area contributed by atoms with Gasteiger partial charge in [-0.1, -0.05) is 38.1 Å². The normalized spacial score (nSPS) is 11.9. The predicted octanol–water partition coefficient (Wildman–Crippen LogP) is 4.22. The molecule has 1 atom stereocenters. The largest absolute Gasteiger partial charge is 0.493 e. The standard InChI is InChI=1S/C19H23NO3/c1-13(2)15-9-11-16(12-10-15)20-19(21)14(3)23-18-8-6-5-7-17(18)22-4/h5-14H,1-4H3,(H,20,21)/t14-/m0/s1. The van der Waals surface area contributed by atoms with Gasteiger partial charge in [-0.15, -0.1) is 0 Å². The summed E-state index contributed by atoms with van der Waals surface area (Å²) in [6.07, 6.45) is -0.629. The summed E-state index contributed by atoms with van der Waals surface area (Å²) >= 11 is 0. The van der Waals surface area contributed by atoms with Crippen molar-refractivity contribution in [3.8, 4) is 11.5 Å². The number of carbonyl (C=O) groups is 1. The molecule has 0 saturated carbocycles. The Morgan fingerprint density at radius 3 is 2.13 bits per heavy atom. The molecular formula is C19H23NO3. The average molecular weight is 313 g/mol. The molecule has 0 heterocycles. The summed E-state index contributed by atoms with van der Waals surface area (Å²) in [6.45, 7) is 5.98. The molecular weight excluding hydrogens is 290 g/mol. The Morgan fingerprint density at radius 2 is 1.57 bits per heavy atom. The van der Waals surface area contributed by atoms with Gasteiger partial charge < -0.3 is 14.8 Å². The predicted molar refractivity (Wildman–Crippen MR) is 92.2 cm³/mol. The van der Waals surface area contributed by atoms with Crippen molar-refractivity contribution in [3.05, 3.63) is 54.1 Å². The molecule has 0 fully saturated rings. The highest BCUT2D eigenvalue weighted by Crippen LogP contribution is 2.27.